The smallest absolute Gasteiger partial charge is 0.167 e. The number of aliphatic hydroxyl groups excluding tert-OH is 1. The molecule has 0 unspecified atom stereocenters. The minimum Gasteiger partial charge on any atom is -0.494 e. The highest BCUT2D eigenvalue weighted by Gasteiger charge is 2.07. The summed E-state index contributed by atoms with van der Waals surface area (Å²) in [4.78, 5) is 0. The average Bonchev–Trinajstić information content (AvgIpc) is 2.19. The Morgan fingerprint density at radius 3 is 2.71 bits per heavy atom. The van der Waals surface area contributed by atoms with Crippen LogP contribution in [0.15, 0.2) is 12.1 Å². The van der Waals surface area contributed by atoms with E-state index in [1.54, 1.807) is 19.1 Å². The molecule has 0 aliphatic heterocycles. The molecule has 0 aliphatic carbocycles. The minimum atomic E-state index is -0.305. The van der Waals surface area contributed by atoms with Gasteiger partial charge >= 0.3 is 0 Å². The zero-order valence-corrected chi connectivity index (χ0v) is 8.51. The van der Waals surface area contributed by atoms with Crippen LogP contribution >= 0.6 is 0 Å². The third kappa shape index (κ3) is 2.45. The van der Waals surface area contributed by atoms with Crippen molar-refractivity contribution in [2.45, 2.75) is 19.8 Å². The maximum absolute atomic E-state index is 13.3. The van der Waals surface area contributed by atoms with Crippen LogP contribution in [0.3, 0.4) is 0 Å². The fourth-order valence-corrected chi connectivity index (χ4v) is 1.39. The first-order chi connectivity index (χ1) is 6.69. The molecule has 3 heteroatoms. The van der Waals surface area contributed by atoms with Gasteiger partial charge in [-0.3, -0.25) is 0 Å². The van der Waals surface area contributed by atoms with Gasteiger partial charge in [-0.05, 0) is 37.0 Å². The number of methoxy groups -OCH3 is 1. The lowest BCUT2D eigenvalue weighted by Crippen LogP contribution is -1.96. The van der Waals surface area contributed by atoms with Crippen LogP contribution in [0.25, 0.3) is 0 Å². The summed E-state index contributed by atoms with van der Waals surface area (Å²) in [6, 6.07) is 3.46. The Morgan fingerprint density at radius 2 is 2.14 bits per heavy atom. The number of hydrogen-bond donors (Lipinski definition) is 1. The summed E-state index contributed by atoms with van der Waals surface area (Å²) in [5.74, 6) is -0.0295. The molecule has 0 radical (unpaired) electrons. The predicted molar refractivity (Wildman–Crippen MR) is 53.1 cm³/mol. The third-order valence-corrected chi connectivity index (χ3v) is 2.12. The van der Waals surface area contributed by atoms with Crippen LogP contribution in [0.5, 0.6) is 5.75 Å². The van der Waals surface area contributed by atoms with Crippen LogP contribution in [-0.4, -0.2) is 18.8 Å². The highest BCUT2D eigenvalue weighted by molar-refractivity contribution is 5.35. The van der Waals surface area contributed by atoms with Gasteiger partial charge in [-0.15, -0.1) is 0 Å². The van der Waals surface area contributed by atoms with Gasteiger partial charge in [0.25, 0.3) is 0 Å². The summed E-state index contributed by atoms with van der Waals surface area (Å²) in [5, 5.41) is 8.67. The molecule has 2 nitrogen and oxygen atoms in total. The van der Waals surface area contributed by atoms with Crippen molar-refractivity contribution in [3.05, 3.63) is 29.1 Å². The molecule has 0 heterocycles. The maximum Gasteiger partial charge on any atom is 0.167 e. The number of halogens is 1. The van der Waals surface area contributed by atoms with Gasteiger partial charge in [-0.25, -0.2) is 4.39 Å². The molecular formula is C11H15FO2. The van der Waals surface area contributed by atoms with E-state index in [1.807, 2.05) is 0 Å². The fourth-order valence-electron chi connectivity index (χ4n) is 1.39. The highest BCUT2D eigenvalue weighted by Crippen LogP contribution is 2.22. The molecule has 0 saturated carbocycles. The number of benzene rings is 1. The zero-order valence-electron chi connectivity index (χ0n) is 8.51. The quantitative estimate of drug-likeness (QED) is 0.802. The van der Waals surface area contributed by atoms with E-state index in [1.165, 1.54) is 7.11 Å². The van der Waals surface area contributed by atoms with Gasteiger partial charge in [0.1, 0.15) is 0 Å². The van der Waals surface area contributed by atoms with Crippen molar-refractivity contribution in [3.8, 4) is 5.75 Å². The molecule has 0 aromatic heterocycles. The number of ether oxygens (including phenoxy) is 1. The number of aliphatic hydroxyl groups is 1. The van der Waals surface area contributed by atoms with Crippen LogP contribution in [0, 0.1) is 12.7 Å². The molecular weight excluding hydrogens is 183 g/mol. The average molecular weight is 198 g/mol. The molecule has 1 rings (SSSR count). The molecule has 1 aromatic carbocycles. The summed E-state index contributed by atoms with van der Waals surface area (Å²) in [7, 11) is 1.45. The standard InChI is InChI=1S/C11H15FO2/c1-8-6-9(4-3-5-13)7-10(14-2)11(8)12/h6-7,13H,3-5H2,1-2H3. The van der Waals surface area contributed by atoms with Crippen LogP contribution in [0.1, 0.15) is 17.5 Å². The first-order valence-electron chi connectivity index (χ1n) is 4.63. The van der Waals surface area contributed by atoms with Gasteiger partial charge in [-0.1, -0.05) is 6.07 Å². The summed E-state index contributed by atoms with van der Waals surface area (Å²) in [5.41, 5.74) is 1.58. The van der Waals surface area contributed by atoms with Crippen molar-refractivity contribution < 1.29 is 14.2 Å². The summed E-state index contributed by atoms with van der Waals surface area (Å²) in [6.45, 7) is 1.86. The second kappa shape index (κ2) is 4.96. The molecule has 0 bridgehead atoms. The van der Waals surface area contributed by atoms with Crippen molar-refractivity contribution >= 4 is 0 Å². The summed E-state index contributed by atoms with van der Waals surface area (Å²) in [6.07, 6.45) is 1.43. The van der Waals surface area contributed by atoms with Gasteiger partial charge < -0.3 is 9.84 Å². The van der Waals surface area contributed by atoms with Crippen LogP contribution in [0.2, 0.25) is 0 Å². The molecule has 1 N–H and O–H groups in total. The maximum atomic E-state index is 13.3. The highest BCUT2D eigenvalue weighted by atomic mass is 19.1. The molecule has 0 saturated heterocycles. The number of hydrogen-bond acceptors (Lipinski definition) is 2. The van der Waals surface area contributed by atoms with Crippen molar-refractivity contribution in [1.29, 1.82) is 0 Å². The first kappa shape index (κ1) is 11.0. The van der Waals surface area contributed by atoms with Crippen LogP contribution < -0.4 is 4.74 Å². The van der Waals surface area contributed by atoms with Crippen molar-refractivity contribution in [3.63, 3.8) is 0 Å². The van der Waals surface area contributed by atoms with Gasteiger partial charge in [0.2, 0.25) is 0 Å². The lowest BCUT2D eigenvalue weighted by Gasteiger charge is -2.07. The normalized spacial score (nSPS) is 10.3. The molecule has 78 valence electrons. The second-order valence-electron chi connectivity index (χ2n) is 3.26. The third-order valence-electron chi connectivity index (χ3n) is 2.12. The Bertz CT molecular complexity index is 310. The lowest BCUT2D eigenvalue weighted by molar-refractivity contribution is 0.288. The molecule has 0 atom stereocenters. The SMILES string of the molecule is COc1cc(CCCO)cc(C)c1F. The Hall–Kier alpha value is -1.09. The van der Waals surface area contributed by atoms with Crippen LogP contribution in [-0.2, 0) is 6.42 Å². The van der Waals surface area contributed by atoms with E-state index >= 15 is 0 Å². The minimum absolute atomic E-state index is 0.152. The van der Waals surface area contributed by atoms with E-state index in [-0.39, 0.29) is 18.2 Å². The van der Waals surface area contributed by atoms with Gasteiger partial charge in [0.05, 0.1) is 7.11 Å². The Balaban J connectivity index is 2.91. The lowest BCUT2D eigenvalue weighted by atomic mass is 10.1. The molecule has 0 amide bonds. The van der Waals surface area contributed by atoms with Gasteiger partial charge in [0.15, 0.2) is 11.6 Å². The van der Waals surface area contributed by atoms with Crippen molar-refractivity contribution in [2.75, 3.05) is 13.7 Å². The van der Waals surface area contributed by atoms with E-state index < -0.39 is 0 Å². The van der Waals surface area contributed by atoms with Gasteiger partial charge in [0, 0.05) is 6.61 Å². The van der Waals surface area contributed by atoms with E-state index in [9.17, 15) is 4.39 Å². The van der Waals surface area contributed by atoms with E-state index in [0.717, 1.165) is 12.0 Å². The second-order valence-corrected chi connectivity index (χ2v) is 3.26. The van der Waals surface area contributed by atoms with E-state index in [0.29, 0.717) is 12.0 Å². The number of rotatable bonds is 4. The largest absolute Gasteiger partial charge is 0.494 e. The van der Waals surface area contributed by atoms with Crippen LogP contribution in [0.4, 0.5) is 4.39 Å². The van der Waals surface area contributed by atoms with Crippen molar-refractivity contribution in [2.24, 2.45) is 0 Å². The molecule has 0 spiro atoms. The van der Waals surface area contributed by atoms with E-state index in [2.05, 4.69) is 0 Å². The van der Waals surface area contributed by atoms with E-state index in [4.69, 9.17) is 9.84 Å². The number of aryl methyl sites for hydroxylation is 2. The fraction of sp³-hybridized carbons (Fsp3) is 0.455. The Kier molecular flexibility index (Phi) is 3.89. The van der Waals surface area contributed by atoms with Crippen molar-refractivity contribution in [1.82, 2.24) is 0 Å². The van der Waals surface area contributed by atoms with Gasteiger partial charge in [-0.2, -0.15) is 0 Å². The summed E-state index contributed by atoms with van der Waals surface area (Å²) < 4.78 is 18.2. The zero-order chi connectivity index (χ0) is 10.6. The summed E-state index contributed by atoms with van der Waals surface area (Å²) >= 11 is 0. The molecule has 0 fully saturated rings. The molecule has 0 aliphatic rings. The first-order valence-corrected chi connectivity index (χ1v) is 4.63. The molecule has 14 heavy (non-hydrogen) atoms. The predicted octanol–water partition coefficient (Wildman–Crippen LogP) is 2.07. The monoisotopic (exact) mass is 198 g/mol. The topological polar surface area (TPSA) is 29.5 Å². The Morgan fingerprint density at radius 1 is 1.43 bits per heavy atom. The molecule has 1 aromatic rings. The Labute approximate surface area is 83.3 Å².